The molecule has 440 valence electrons. The first kappa shape index (κ1) is 70.1. The van der Waals surface area contributed by atoms with Gasteiger partial charge in [0.2, 0.25) is 0 Å². The molecule has 0 radical (unpaired) electrons. The van der Waals surface area contributed by atoms with E-state index in [1.54, 1.807) is 0 Å². The largest absolute Gasteiger partial charge is 0.462 e. The van der Waals surface area contributed by atoms with E-state index in [0.29, 0.717) is 51.9 Å². The highest BCUT2D eigenvalue weighted by atomic mass is 16.6. The first-order valence-electron chi connectivity index (χ1n) is 30.8. The fraction of sp³-hybridized carbons (Fsp3) is 0.839. The number of carbonyl (C=O) groups is 6. The number of rotatable bonds is 52. The zero-order chi connectivity index (χ0) is 55.4. The number of ether oxygens (including phenoxy) is 6. The fourth-order valence-corrected chi connectivity index (χ4v) is 9.22. The zero-order valence-corrected chi connectivity index (χ0v) is 48.7. The van der Waals surface area contributed by atoms with Crippen LogP contribution in [0.5, 0.6) is 0 Å². The lowest BCUT2D eigenvalue weighted by Gasteiger charge is -2.22. The normalized spacial score (nSPS) is 14.1. The quantitative estimate of drug-likeness (QED) is 0.0264. The average molecular weight is 1080 g/mol. The van der Waals surface area contributed by atoms with E-state index in [1.165, 1.54) is 83.5 Å². The van der Waals surface area contributed by atoms with Crippen LogP contribution in [-0.4, -0.2) is 106 Å². The Kier molecular flexibility index (Phi) is 47.8. The van der Waals surface area contributed by atoms with Crippen molar-refractivity contribution in [1.29, 1.82) is 0 Å². The van der Waals surface area contributed by atoms with Crippen molar-refractivity contribution < 1.29 is 57.2 Å². The first-order valence-corrected chi connectivity index (χ1v) is 30.8. The van der Waals surface area contributed by atoms with Crippen molar-refractivity contribution >= 4 is 35.9 Å². The standard InChI is InChI=1S/C62H110N2O12/c1-5-8-11-14-17-18-19-20-25-32-41-55(76-62(70)63-51-54-40-39-48-64(54)4)46-47-61(69)75-56(52-73-59(67)44-35-28-23-26-33-42-57(65)71-49-37-30-21-15-12-9-6-2)53-74-60(68)45-36-29-24-27-34-43-58(66)72-50-38-31-22-16-13-10-7-3/h30-31,37-38,54-56H,5-29,32-36,39-53H2,1-4H3,(H,63,70)/b37-30-,38-31-. The van der Waals surface area contributed by atoms with Gasteiger partial charge in [-0.3, -0.25) is 24.0 Å². The Morgan fingerprint density at radius 3 is 1.29 bits per heavy atom. The van der Waals surface area contributed by atoms with Gasteiger partial charge < -0.3 is 38.6 Å². The minimum Gasteiger partial charge on any atom is -0.462 e. The second-order valence-electron chi connectivity index (χ2n) is 21.2. The number of carbonyl (C=O) groups excluding carboxylic acids is 6. The molecular formula is C62H110N2O12. The van der Waals surface area contributed by atoms with Gasteiger partial charge in [-0.2, -0.15) is 0 Å². The molecule has 0 aromatic carbocycles. The molecule has 1 saturated heterocycles. The molecule has 14 heteroatoms. The fourth-order valence-electron chi connectivity index (χ4n) is 9.22. The summed E-state index contributed by atoms with van der Waals surface area (Å²) in [5.74, 6) is -1.83. The number of likely N-dealkylation sites (N-methyl/N-ethyl adjacent to an activating group) is 1. The van der Waals surface area contributed by atoms with E-state index < -0.39 is 36.2 Å². The van der Waals surface area contributed by atoms with Crippen molar-refractivity contribution in [2.45, 2.75) is 289 Å². The number of hydrogen-bond donors (Lipinski definition) is 1. The van der Waals surface area contributed by atoms with Gasteiger partial charge in [-0.1, -0.05) is 180 Å². The molecule has 0 aliphatic carbocycles. The van der Waals surface area contributed by atoms with Gasteiger partial charge in [0, 0.05) is 44.7 Å². The summed E-state index contributed by atoms with van der Waals surface area (Å²) < 4.78 is 33.4. The van der Waals surface area contributed by atoms with Crippen LogP contribution in [0, 0.1) is 0 Å². The van der Waals surface area contributed by atoms with Gasteiger partial charge in [-0.25, -0.2) is 4.79 Å². The smallest absolute Gasteiger partial charge is 0.407 e. The molecule has 0 aromatic heterocycles. The van der Waals surface area contributed by atoms with Gasteiger partial charge in [-0.15, -0.1) is 0 Å². The third-order valence-electron chi connectivity index (χ3n) is 14.1. The highest BCUT2D eigenvalue weighted by Gasteiger charge is 2.24. The molecule has 2 unspecified atom stereocenters. The molecule has 1 fully saturated rings. The summed E-state index contributed by atoms with van der Waals surface area (Å²) in [4.78, 5) is 78.5. The Morgan fingerprint density at radius 2 is 0.855 bits per heavy atom. The number of alkyl carbamates (subject to hydrolysis) is 1. The van der Waals surface area contributed by atoms with Crippen molar-refractivity contribution in [3.63, 3.8) is 0 Å². The Morgan fingerprint density at radius 1 is 0.447 bits per heavy atom. The SMILES string of the molecule is CCCCCC/C=C\COC(=O)CCCCCCCC(=O)OCC(COC(=O)CCCCCCCC(=O)OC/C=C\CCCCCC)OC(=O)CCC(CCCCCCCCCCCC)OC(=O)NCC1CCCN1C. The van der Waals surface area contributed by atoms with Crippen LogP contribution in [-0.2, 0) is 52.4 Å². The molecule has 1 heterocycles. The van der Waals surface area contributed by atoms with Crippen LogP contribution in [0.2, 0.25) is 0 Å². The van der Waals surface area contributed by atoms with Crippen LogP contribution < -0.4 is 5.32 Å². The summed E-state index contributed by atoms with van der Waals surface area (Å²) in [6, 6.07) is 0.274. The summed E-state index contributed by atoms with van der Waals surface area (Å²) in [7, 11) is 2.06. The molecule has 0 saturated carbocycles. The summed E-state index contributed by atoms with van der Waals surface area (Å²) in [6.45, 7) is 8.23. The number of esters is 5. The zero-order valence-electron chi connectivity index (χ0n) is 48.7. The maximum atomic E-state index is 13.4. The van der Waals surface area contributed by atoms with E-state index in [1.807, 2.05) is 12.2 Å². The number of nitrogens with one attached hydrogen (secondary N) is 1. The van der Waals surface area contributed by atoms with Crippen LogP contribution in [0.1, 0.15) is 271 Å². The van der Waals surface area contributed by atoms with E-state index >= 15 is 0 Å². The lowest BCUT2D eigenvalue weighted by atomic mass is 10.0. The molecule has 0 spiro atoms. The summed E-state index contributed by atoms with van der Waals surface area (Å²) in [5, 5.41) is 2.94. The van der Waals surface area contributed by atoms with Gasteiger partial charge in [0.25, 0.3) is 0 Å². The Bertz CT molecular complexity index is 1450. The molecule has 1 N–H and O–H groups in total. The lowest BCUT2D eigenvalue weighted by Crippen LogP contribution is -2.39. The van der Waals surface area contributed by atoms with Crippen LogP contribution in [0.3, 0.4) is 0 Å². The number of unbranched alkanes of at least 4 members (excludes halogenated alkanes) is 25. The summed E-state index contributed by atoms with van der Waals surface area (Å²) in [5.41, 5.74) is 0. The minimum absolute atomic E-state index is 0.0264. The van der Waals surface area contributed by atoms with Gasteiger partial charge in [0.1, 0.15) is 32.5 Å². The van der Waals surface area contributed by atoms with E-state index in [0.717, 1.165) is 116 Å². The number of allylic oxidation sites excluding steroid dienone is 2. The molecule has 1 rings (SSSR count). The molecule has 1 aliphatic rings. The number of hydrogen-bond acceptors (Lipinski definition) is 13. The number of likely N-dealkylation sites (tertiary alicyclic amines) is 1. The van der Waals surface area contributed by atoms with Gasteiger partial charge >= 0.3 is 35.9 Å². The second-order valence-corrected chi connectivity index (χ2v) is 21.2. The molecule has 2 atom stereocenters. The number of nitrogens with zero attached hydrogens (tertiary/aromatic N) is 1. The van der Waals surface area contributed by atoms with Crippen molar-refractivity contribution in [3.05, 3.63) is 24.3 Å². The topological polar surface area (TPSA) is 173 Å². The minimum atomic E-state index is -1.00. The molecule has 1 amide bonds. The second kappa shape index (κ2) is 51.8. The van der Waals surface area contributed by atoms with Crippen molar-refractivity contribution in [2.75, 3.05) is 46.6 Å². The highest BCUT2D eigenvalue weighted by Crippen LogP contribution is 2.19. The maximum absolute atomic E-state index is 13.4. The van der Waals surface area contributed by atoms with Gasteiger partial charge in [0.15, 0.2) is 6.10 Å². The van der Waals surface area contributed by atoms with Crippen LogP contribution in [0.25, 0.3) is 0 Å². The first-order chi connectivity index (χ1) is 37.1. The predicted molar refractivity (Wildman–Crippen MR) is 304 cm³/mol. The molecule has 0 aromatic rings. The lowest BCUT2D eigenvalue weighted by molar-refractivity contribution is -0.167. The van der Waals surface area contributed by atoms with Crippen molar-refractivity contribution in [3.8, 4) is 0 Å². The molecule has 76 heavy (non-hydrogen) atoms. The van der Waals surface area contributed by atoms with E-state index in [-0.39, 0.29) is 56.9 Å². The van der Waals surface area contributed by atoms with Crippen LogP contribution >= 0.6 is 0 Å². The average Bonchev–Trinajstić information content (AvgIpc) is 3.83. The van der Waals surface area contributed by atoms with Crippen LogP contribution in [0.4, 0.5) is 4.79 Å². The molecule has 14 nitrogen and oxygen atoms in total. The Labute approximate surface area is 462 Å². The van der Waals surface area contributed by atoms with Crippen molar-refractivity contribution in [1.82, 2.24) is 10.2 Å². The third-order valence-corrected chi connectivity index (χ3v) is 14.1. The molecular weight excluding hydrogens is 965 g/mol. The summed E-state index contributed by atoms with van der Waals surface area (Å²) in [6.07, 6.45) is 41.4. The Hall–Kier alpha value is -3.94. The van der Waals surface area contributed by atoms with Gasteiger partial charge in [0.05, 0.1) is 0 Å². The molecule has 1 aliphatic heterocycles. The predicted octanol–water partition coefficient (Wildman–Crippen LogP) is 14.9. The monoisotopic (exact) mass is 1070 g/mol. The Balaban J connectivity index is 2.65. The van der Waals surface area contributed by atoms with E-state index in [2.05, 4.69) is 50.2 Å². The van der Waals surface area contributed by atoms with Crippen LogP contribution in [0.15, 0.2) is 24.3 Å². The van der Waals surface area contributed by atoms with Crippen molar-refractivity contribution in [2.24, 2.45) is 0 Å². The van der Waals surface area contributed by atoms with Gasteiger partial charge in [-0.05, 0) is 97.1 Å². The van der Waals surface area contributed by atoms with E-state index in [9.17, 15) is 28.8 Å². The van der Waals surface area contributed by atoms with E-state index in [4.69, 9.17) is 28.4 Å². The number of amides is 1. The highest BCUT2D eigenvalue weighted by molar-refractivity contribution is 5.72. The molecule has 0 bridgehead atoms. The third kappa shape index (κ3) is 45.1. The summed E-state index contributed by atoms with van der Waals surface area (Å²) >= 11 is 0. The maximum Gasteiger partial charge on any atom is 0.407 e.